The predicted octanol–water partition coefficient (Wildman–Crippen LogP) is 8.68. The third kappa shape index (κ3) is 7.29. The van der Waals surface area contributed by atoms with E-state index >= 15 is 0 Å². The van der Waals surface area contributed by atoms with Crippen molar-refractivity contribution in [3.63, 3.8) is 0 Å². The standard InChI is InChI=1S/C33H52N4/c1-2-3-4-5-6-7-8-9-26-10-12-27(13-11-26)28-22-24-33(25-23-28,29-14-18-31(36-34)19-15-29)30-16-20-32(37-35)21-17-30/h14-21,26-28,36-37H,2-13,22-25,34-35H2,1H3. The van der Waals surface area contributed by atoms with E-state index in [9.17, 15) is 0 Å². The van der Waals surface area contributed by atoms with Crippen LogP contribution in [-0.2, 0) is 5.41 Å². The number of nitrogen functional groups attached to an aromatic ring is 2. The molecular formula is C33H52N4. The van der Waals surface area contributed by atoms with Gasteiger partial charge >= 0.3 is 0 Å². The van der Waals surface area contributed by atoms with Gasteiger partial charge in [-0.1, -0.05) is 95.4 Å². The van der Waals surface area contributed by atoms with Gasteiger partial charge in [-0.25, -0.2) is 0 Å². The van der Waals surface area contributed by atoms with Crippen LogP contribution in [0.25, 0.3) is 0 Å². The predicted molar refractivity (Wildman–Crippen MR) is 159 cm³/mol. The fourth-order valence-electron chi connectivity index (χ4n) is 7.46. The van der Waals surface area contributed by atoms with Gasteiger partial charge in [0.25, 0.3) is 0 Å². The molecule has 2 saturated carbocycles. The molecule has 0 bridgehead atoms. The maximum atomic E-state index is 5.65. The van der Waals surface area contributed by atoms with Crippen LogP contribution >= 0.6 is 0 Å². The summed E-state index contributed by atoms with van der Waals surface area (Å²) in [6.45, 7) is 2.30. The minimum atomic E-state index is 0.0745. The fourth-order valence-corrected chi connectivity index (χ4v) is 7.46. The van der Waals surface area contributed by atoms with Crippen molar-refractivity contribution in [2.75, 3.05) is 10.9 Å². The van der Waals surface area contributed by atoms with Crippen molar-refractivity contribution in [3.8, 4) is 0 Å². The normalized spacial score (nSPS) is 22.0. The quantitative estimate of drug-likeness (QED) is 0.125. The molecule has 37 heavy (non-hydrogen) atoms. The average molecular weight is 505 g/mol. The molecule has 4 rings (SSSR count). The molecule has 0 amide bonds. The van der Waals surface area contributed by atoms with Crippen molar-refractivity contribution in [2.24, 2.45) is 29.4 Å². The van der Waals surface area contributed by atoms with Crippen LogP contribution in [0.4, 0.5) is 11.4 Å². The maximum absolute atomic E-state index is 5.65. The molecule has 4 heteroatoms. The molecule has 0 unspecified atom stereocenters. The Morgan fingerprint density at radius 1 is 0.622 bits per heavy atom. The molecule has 0 heterocycles. The van der Waals surface area contributed by atoms with Crippen molar-refractivity contribution >= 4 is 11.4 Å². The molecule has 0 radical (unpaired) electrons. The van der Waals surface area contributed by atoms with E-state index in [2.05, 4.69) is 66.3 Å². The van der Waals surface area contributed by atoms with Crippen molar-refractivity contribution in [1.82, 2.24) is 0 Å². The monoisotopic (exact) mass is 504 g/mol. The van der Waals surface area contributed by atoms with Crippen LogP contribution in [-0.4, -0.2) is 0 Å². The van der Waals surface area contributed by atoms with Crippen molar-refractivity contribution in [1.29, 1.82) is 0 Å². The molecule has 0 aliphatic heterocycles. The van der Waals surface area contributed by atoms with Crippen molar-refractivity contribution < 1.29 is 0 Å². The highest BCUT2D eigenvalue weighted by molar-refractivity contribution is 5.51. The Labute approximate surface area is 226 Å². The Balaban J connectivity index is 1.31. The molecule has 2 fully saturated rings. The second-order valence-electron chi connectivity index (χ2n) is 12.1. The lowest BCUT2D eigenvalue weighted by Crippen LogP contribution is -2.36. The zero-order valence-corrected chi connectivity index (χ0v) is 23.3. The van der Waals surface area contributed by atoms with Crippen LogP contribution in [0.3, 0.4) is 0 Å². The average Bonchev–Trinajstić information content (AvgIpc) is 2.97. The maximum Gasteiger partial charge on any atom is 0.0485 e. The summed E-state index contributed by atoms with van der Waals surface area (Å²) in [5.74, 6) is 14.1. The number of benzene rings is 2. The van der Waals surface area contributed by atoms with E-state index in [-0.39, 0.29) is 5.41 Å². The topological polar surface area (TPSA) is 76.1 Å². The second kappa shape index (κ2) is 14.2. The third-order valence-electron chi connectivity index (χ3n) is 9.87. The van der Waals surface area contributed by atoms with Gasteiger partial charge in [-0.2, -0.15) is 0 Å². The first-order chi connectivity index (χ1) is 18.2. The van der Waals surface area contributed by atoms with Crippen LogP contribution in [0.15, 0.2) is 48.5 Å². The van der Waals surface area contributed by atoms with Crippen LogP contribution < -0.4 is 22.5 Å². The highest BCUT2D eigenvalue weighted by Gasteiger charge is 2.40. The molecule has 0 saturated heterocycles. The summed E-state index contributed by atoms with van der Waals surface area (Å²) in [7, 11) is 0. The Hall–Kier alpha value is -2.04. The lowest BCUT2D eigenvalue weighted by atomic mass is 9.60. The summed E-state index contributed by atoms with van der Waals surface area (Å²) >= 11 is 0. The minimum absolute atomic E-state index is 0.0745. The summed E-state index contributed by atoms with van der Waals surface area (Å²) in [5.41, 5.74) is 10.4. The van der Waals surface area contributed by atoms with Crippen molar-refractivity contribution in [3.05, 3.63) is 59.7 Å². The molecule has 4 nitrogen and oxygen atoms in total. The van der Waals surface area contributed by atoms with Crippen LogP contribution in [0.2, 0.25) is 0 Å². The van der Waals surface area contributed by atoms with E-state index < -0.39 is 0 Å². The van der Waals surface area contributed by atoms with E-state index in [1.165, 1.54) is 114 Å². The summed E-state index contributed by atoms with van der Waals surface area (Å²) in [6, 6.07) is 17.6. The first-order valence-corrected chi connectivity index (χ1v) is 15.3. The van der Waals surface area contributed by atoms with Gasteiger partial charge < -0.3 is 10.9 Å². The van der Waals surface area contributed by atoms with Gasteiger partial charge in [0.05, 0.1) is 0 Å². The number of hydrogen-bond donors (Lipinski definition) is 4. The lowest BCUT2D eigenvalue weighted by molar-refractivity contribution is 0.140. The zero-order valence-electron chi connectivity index (χ0n) is 23.3. The number of rotatable bonds is 13. The van der Waals surface area contributed by atoms with Gasteiger partial charge in [-0.15, -0.1) is 0 Å². The SMILES string of the molecule is CCCCCCCCCC1CCC(C2CCC(c3ccc(NN)cc3)(c3ccc(NN)cc3)CC2)CC1. The highest BCUT2D eigenvalue weighted by Crippen LogP contribution is 2.50. The molecule has 6 N–H and O–H groups in total. The number of nitrogens with one attached hydrogen (secondary N) is 2. The van der Waals surface area contributed by atoms with Gasteiger partial charge in [-0.3, -0.25) is 11.7 Å². The van der Waals surface area contributed by atoms with Gasteiger partial charge in [0, 0.05) is 16.8 Å². The first kappa shape index (κ1) is 28.0. The van der Waals surface area contributed by atoms with E-state index in [1.807, 2.05) is 0 Å². The molecule has 204 valence electrons. The molecular weight excluding hydrogens is 452 g/mol. The van der Waals surface area contributed by atoms with Crippen LogP contribution in [0.5, 0.6) is 0 Å². The summed E-state index contributed by atoms with van der Waals surface area (Å²) < 4.78 is 0. The van der Waals surface area contributed by atoms with E-state index in [1.54, 1.807) is 0 Å². The Morgan fingerprint density at radius 3 is 1.57 bits per heavy atom. The van der Waals surface area contributed by atoms with Crippen molar-refractivity contribution in [2.45, 2.75) is 115 Å². The second-order valence-corrected chi connectivity index (χ2v) is 12.1. The van der Waals surface area contributed by atoms with E-state index in [4.69, 9.17) is 11.7 Å². The van der Waals surface area contributed by atoms with Crippen LogP contribution in [0, 0.1) is 17.8 Å². The Bertz CT molecular complexity index is 841. The van der Waals surface area contributed by atoms with E-state index in [0.29, 0.717) is 0 Å². The Morgan fingerprint density at radius 2 is 1.08 bits per heavy atom. The minimum Gasteiger partial charge on any atom is -0.324 e. The number of hydrogen-bond acceptors (Lipinski definition) is 4. The number of hydrazine groups is 2. The summed E-state index contributed by atoms with van der Waals surface area (Å²) in [6.07, 6.45) is 22.5. The number of nitrogens with two attached hydrogens (primary N) is 2. The van der Waals surface area contributed by atoms with Gasteiger partial charge in [0.2, 0.25) is 0 Å². The molecule has 2 aliphatic carbocycles. The number of unbranched alkanes of at least 4 members (excludes halogenated alkanes) is 6. The third-order valence-corrected chi connectivity index (χ3v) is 9.87. The molecule has 2 aliphatic rings. The number of anilines is 2. The molecule has 2 aromatic rings. The molecule has 0 spiro atoms. The van der Waals surface area contributed by atoms with Gasteiger partial charge in [-0.05, 0) is 91.7 Å². The summed E-state index contributed by atoms with van der Waals surface area (Å²) in [5, 5.41) is 0. The van der Waals surface area contributed by atoms with Gasteiger partial charge in [0.1, 0.15) is 0 Å². The lowest BCUT2D eigenvalue weighted by Gasteiger charge is -2.45. The fraction of sp³-hybridized carbons (Fsp3) is 0.636. The molecule has 2 aromatic carbocycles. The van der Waals surface area contributed by atoms with E-state index in [0.717, 1.165) is 29.1 Å². The highest BCUT2D eigenvalue weighted by atomic mass is 15.2. The molecule has 0 aromatic heterocycles. The smallest absolute Gasteiger partial charge is 0.0485 e. The van der Waals surface area contributed by atoms with Gasteiger partial charge in [0.15, 0.2) is 0 Å². The zero-order chi connectivity index (χ0) is 25.9. The van der Waals surface area contributed by atoms with Crippen LogP contribution in [0.1, 0.15) is 121 Å². The largest absolute Gasteiger partial charge is 0.324 e. The molecule has 0 atom stereocenters. The first-order valence-electron chi connectivity index (χ1n) is 15.3. The summed E-state index contributed by atoms with van der Waals surface area (Å²) in [4.78, 5) is 0. The Kier molecular flexibility index (Phi) is 10.7.